The minimum Gasteiger partial charge on any atom is -0.469 e. The van der Waals surface area contributed by atoms with Crippen LogP contribution in [-0.2, 0) is 16.0 Å². The first-order chi connectivity index (χ1) is 13.6. The molecular formula is C23H31NO3S. The fourth-order valence-electron chi connectivity index (χ4n) is 3.45. The maximum atomic E-state index is 11.3. The van der Waals surface area contributed by atoms with Gasteiger partial charge in [-0.1, -0.05) is 59.7 Å². The van der Waals surface area contributed by atoms with Crippen LogP contribution >= 0.6 is 11.8 Å². The van der Waals surface area contributed by atoms with Crippen LogP contribution in [0.15, 0.2) is 58.1 Å². The van der Waals surface area contributed by atoms with E-state index in [1.54, 1.807) is 0 Å². The van der Waals surface area contributed by atoms with Crippen molar-refractivity contribution in [3.8, 4) is 0 Å². The van der Waals surface area contributed by atoms with E-state index in [-0.39, 0.29) is 12.0 Å². The third kappa shape index (κ3) is 7.63. The van der Waals surface area contributed by atoms with E-state index < -0.39 is 0 Å². The Balaban J connectivity index is 1.79. The van der Waals surface area contributed by atoms with E-state index >= 15 is 0 Å². The molecule has 1 aliphatic rings. The van der Waals surface area contributed by atoms with Crippen molar-refractivity contribution in [2.24, 2.45) is 11.1 Å². The third-order valence-electron chi connectivity index (χ3n) is 5.09. The summed E-state index contributed by atoms with van der Waals surface area (Å²) in [6.07, 6.45) is 10.6. The quantitative estimate of drug-likeness (QED) is 0.185. The first-order valence-corrected chi connectivity index (χ1v) is 11.1. The average Bonchev–Trinajstić information content (AvgIpc) is 3.07. The number of nitroso groups, excluding NO2 is 1. The van der Waals surface area contributed by atoms with Gasteiger partial charge in [0.25, 0.3) is 0 Å². The van der Waals surface area contributed by atoms with Crippen molar-refractivity contribution in [2.45, 2.75) is 57.9 Å². The molecule has 0 radical (unpaired) electrons. The van der Waals surface area contributed by atoms with Gasteiger partial charge in [0.2, 0.25) is 0 Å². The summed E-state index contributed by atoms with van der Waals surface area (Å²) in [5, 5.41) is 3.31. The van der Waals surface area contributed by atoms with Crippen LogP contribution in [0.2, 0.25) is 0 Å². The SMILES string of the molecule is COC(=O)CCCCCSC1=C(C)CCC1/C=C/C(Cc1ccccc1)N=O. The van der Waals surface area contributed by atoms with E-state index in [2.05, 4.69) is 22.9 Å². The molecule has 0 amide bonds. The topological polar surface area (TPSA) is 55.7 Å². The number of hydrogen-bond acceptors (Lipinski definition) is 5. The molecule has 1 aromatic carbocycles. The molecule has 2 rings (SSSR count). The van der Waals surface area contributed by atoms with Gasteiger partial charge in [-0.05, 0) is 48.8 Å². The second-order valence-electron chi connectivity index (χ2n) is 7.27. The van der Waals surface area contributed by atoms with Gasteiger partial charge in [-0.25, -0.2) is 0 Å². The Labute approximate surface area is 172 Å². The van der Waals surface area contributed by atoms with Crippen LogP contribution in [0.5, 0.6) is 0 Å². The number of methoxy groups -OCH3 is 1. The maximum Gasteiger partial charge on any atom is 0.305 e. The standard InChI is InChI=1S/C23H31NO3S/c1-18-12-13-20(23(18)28-16-8-4-7-11-22(25)27-2)14-15-21(24-26)17-19-9-5-3-6-10-19/h3,5-6,9-10,14-15,20-21H,4,7-8,11-13,16-17H2,1-2H3/b15-14+. The fourth-order valence-corrected chi connectivity index (χ4v) is 4.77. The molecule has 5 heteroatoms. The number of allylic oxidation sites excluding steroid dienone is 3. The lowest BCUT2D eigenvalue weighted by molar-refractivity contribution is -0.140. The highest BCUT2D eigenvalue weighted by Gasteiger charge is 2.21. The van der Waals surface area contributed by atoms with Crippen LogP contribution in [-0.4, -0.2) is 24.9 Å². The zero-order valence-electron chi connectivity index (χ0n) is 16.9. The van der Waals surface area contributed by atoms with Gasteiger partial charge in [0, 0.05) is 18.8 Å². The summed E-state index contributed by atoms with van der Waals surface area (Å²) in [6, 6.07) is 9.72. The minimum absolute atomic E-state index is 0.124. The molecule has 0 saturated carbocycles. The van der Waals surface area contributed by atoms with Crippen molar-refractivity contribution in [1.29, 1.82) is 0 Å². The van der Waals surface area contributed by atoms with Crippen LogP contribution in [0.1, 0.15) is 51.0 Å². The molecule has 152 valence electrons. The Morgan fingerprint density at radius 1 is 1.29 bits per heavy atom. The van der Waals surface area contributed by atoms with Crippen molar-refractivity contribution < 1.29 is 9.53 Å². The Hall–Kier alpha value is -1.88. The number of ether oxygens (including phenoxy) is 1. The highest BCUT2D eigenvalue weighted by atomic mass is 32.2. The zero-order valence-corrected chi connectivity index (χ0v) is 17.7. The van der Waals surface area contributed by atoms with Crippen molar-refractivity contribution in [3.05, 3.63) is 63.4 Å². The molecule has 0 spiro atoms. The Kier molecular flexibility index (Phi) is 10.0. The molecule has 4 nitrogen and oxygen atoms in total. The number of nitrogens with zero attached hydrogens (tertiary/aromatic N) is 1. The molecule has 0 saturated heterocycles. The van der Waals surface area contributed by atoms with Crippen LogP contribution in [0.3, 0.4) is 0 Å². The summed E-state index contributed by atoms with van der Waals surface area (Å²) in [5.74, 6) is 1.35. The smallest absolute Gasteiger partial charge is 0.305 e. The van der Waals surface area contributed by atoms with Crippen LogP contribution < -0.4 is 0 Å². The largest absolute Gasteiger partial charge is 0.469 e. The molecule has 2 unspecified atom stereocenters. The van der Waals surface area contributed by atoms with Crippen LogP contribution in [0.25, 0.3) is 0 Å². The lowest BCUT2D eigenvalue weighted by Crippen LogP contribution is -2.05. The summed E-state index contributed by atoms with van der Waals surface area (Å²) in [6.45, 7) is 2.22. The number of carbonyl (C=O) groups is 1. The van der Waals surface area contributed by atoms with E-state index in [9.17, 15) is 9.70 Å². The summed E-state index contributed by atoms with van der Waals surface area (Å²) in [7, 11) is 1.44. The molecule has 0 aromatic heterocycles. The number of carbonyl (C=O) groups excluding carboxylic acids is 1. The molecule has 1 aliphatic carbocycles. The molecule has 28 heavy (non-hydrogen) atoms. The number of esters is 1. The van der Waals surface area contributed by atoms with Crippen LogP contribution in [0, 0.1) is 10.8 Å². The average molecular weight is 402 g/mol. The second kappa shape index (κ2) is 12.6. The second-order valence-corrected chi connectivity index (χ2v) is 8.41. The van der Waals surface area contributed by atoms with Crippen molar-refractivity contribution >= 4 is 17.7 Å². The maximum absolute atomic E-state index is 11.3. The number of thioether (sulfide) groups is 1. The first-order valence-electron chi connectivity index (χ1n) is 10.1. The zero-order chi connectivity index (χ0) is 20.2. The molecule has 0 N–H and O–H groups in total. The highest BCUT2D eigenvalue weighted by Crippen LogP contribution is 2.40. The molecule has 1 aromatic rings. The van der Waals surface area contributed by atoms with Crippen LogP contribution in [0.4, 0.5) is 0 Å². The van der Waals surface area contributed by atoms with E-state index in [0.717, 1.165) is 43.4 Å². The Bertz CT molecular complexity index is 684. The van der Waals surface area contributed by atoms with Crippen molar-refractivity contribution in [3.63, 3.8) is 0 Å². The predicted molar refractivity (Wildman–Crippen MR) is 117 cm³/mol. The van der Waals surface area contributed by atoms with Gasteiger partial charge in [0.1, 0.15) is 6.04 Å². The van der Waals surface area contributed by atoms with Gasteiger partial charge in [0.05, 0.1) is 7.11 Å². The molecule has 0 bridgehead atoms. The van der Waals surface area contributed by atoms with E-state index in [1.165, 1.54) is 17.6 Å². The van der Waals surface area contributed by atoms with Crippen molar-refractivity contribution in [2.75, 3.05) is 12.9 Å². The number of benzene rings is 1. The first kappa shape index (κ1) is 22.4. The minimum atomic E-state index is -0.312. The Morgan fingerprint density at radius 2 is 2.07 bits per heavy atom. The molecule has 0 aliphatic heterocycles. The Morgan fingerprint density at radius 3 is 2.79 bits per heavy atom. The lowest BCUT2D eigenvalue weighted by atomic mass is 10.0. The highest BCUT2D eigenvalue weighted by molar-refractivity contribution is 8.03. The number of rotatable bonds is 12. The van der Waals surface area contributed by atoms with E-state index in [0.29, 0.717) is 18.8 Å². The van der Waals surface area contributed by atoms with E-state index in [1.807, 2.05) is 48.2 Å². The summed E-state index contributed by atoms with van der Waals surface area (Å²) >= 11 is 1.93. The van der Waals surface area contributed by atoms with Gasteiger partial charge >= 0.3 is 5.97 Å². The molecule has 0 fully saturated rings. The van der Waals surface area contributed by atoms with Gasteiger partial charge in [0.15, 0.2) is 0 Å². The monoisotopic (exact) mass is 401 g/mol. The third-order valence-corrected chi connectivity index (χ3v) is 6.54. The molecule has 2 atom stereocenters. The number of unbranched alkanes of at least 4 members (excludes halogenated alkanes) is 2. The molecular weight excluding hydrogens is 370 g/mol. The summed E-state index contributed by atoms with van der Waals surface area (Å²) in [4.78, 5) is 23.8. The van der Waals surface area contributed by atoms with Crippen molar-refractivity contribution in [1.82, 2.24) is 0 Å². The normalized spacial score (nSPS) is 17.9. The number of hydrogen-bond donors (Lipinski definition) is 0. The van der Waals surface area contributed by atoms with Gasteiger partial charge in [-0.15, -0.1) is 11.8 Å². The van der Waals surface area contributed by atoms with Gasteiger partial charge in [-0.3, -0.25) is 4.79 Å². The lowest BCUT2D eigenvalue weighted by Gasteiger charge is -2.12. The summed E-state index contributed by atoms with van der Waals surface area (Å²) in [5.41, 5.74) is 2.60. The van der Waals surface area contributed by atoms with Gasteiger partial charge in [-0.2, -0.15) is 4.91 Å². The van der Waals surface area contributed by atoms with Gasteiger partial charge < -0.3 is 4.74 Å². The predicted octanol–water partition coefficient (Wildman–Crippen LogP) is 6.07. The molecule has 0 heterocycles. The fraction of sp³-hybridized carbons (Fsp3) is 0.522. The van der Waals surface area contributed by atoms with E-state index in [4.69, 9.17) is 0 Å². The summed E-state index contributed by atoms with van der Waals surface area (Å²) < 4.78 is 4.67.